The van der Waals surface area contributed by atoms with E-state index in [9.17, 15) is 48.9 Å². The molecule has 20 heteroatoms. The molecule has 264 valence electrons. The second kappa shape index (κ2) is 18.0. The number of hydrogen-bond acceptors (Lipinski definition) is 13. The minimum Gasteiger partial charge on any atom is -0.480 e. The summed E-state index contributed by atoms with van der Waals surface area (Å²) in [6.45, 7) is 4.17. The average Bonchev–Trinajstić information content (AvgIpc) is 3.02. The highest BCUT2D eigenvalue weighted by atomic mass is 16.4. The maximum absolute atomic E-state index is 13.5. The first-order valence-electron chi connectivity index (χ1n) is 14.5. The lowest BCUT2D eigenvalue weighted by molar-refractivity contribution is -0.145. The summed E-state index contributed by atoms with van der Waals surface area (Å²) in [5, 5.41) is 53.1. The topological polar surface area (TPSA) is 328 Å². The zero-order valence-corrected chi connectivity index (χ0v) is 26.8. The number of aliphatic carboxylic acids is 1. The molecule has 0 aromatic heterocycles. The number of hydrazone groups is 1. The molecule has 0 radical (unpaired) electrons. The van der Waals surface area contributed by atoms with E-state index < -0.39 is 103 Å². The van der Waals surface area contributed by atoms with Crippen molar-refractivity contribution in [1.29, 1.82) is 0 Å². The Balaban J connectivity index is 3.04. The van der Waals surface area contributed by atoms with Crippen molar-refractivity contribution in [3.8, 4) is 0 Å². The smallest absolute Gasteiger partial charge is 0.328 e. The number of aliphatic hydroxyl groups is 3. The van der Waals surface area contributed by atoms with Crippen LogP contribution in [-0.4, -0.2) is 135 Å². The Morgan fingerprint density at radius 3 is 2.00 bits per heavy atom. The molecule has 0 fully saturated rings. The minimum absolute atomic E-state index is 0.0712. The van der Waals surface area contributed by atoms with Crippen LogP contribution in [0.1, 0.15) is 47.5 Å². The fourth-order valence-corrected chi connectivity index (χ4v) is 3.90. The van der Waals surface area contributed by atoms with Crippen LogP contribution in [0.5, 0.6) is 0 Å². The lowest BCUT2D eigenvalue weighted by atomic mass is 10.0. The van der Waals surface area contributed by atoms with Gasteiger partial charge in [-0.1, -0.05) is 0 Å². The number of carboxylic acid groups (broad SMARTS) is 1. The standard InChI is InChI=1S/C27H45N9O11/c1-12(2)18(23(43)33-16(9-37)25(45)46)34-20(40)14(4)31-22(42)17-7-6-8-30-36(17)24(44)19(13(3)28)35-21(41)15(5)32-26(47)27(29,10-38)11-39/h8,13-17,19,37-39H,6-7,9-11,28-29H2,1-5H3,(H,31,42)(H,32,47)(H,33,43)(H,34,40)(H,35,41)(H,45,46)/t13-,14-,15-,16-,17-,19-/m0/s1. The van der Waals surface area contributed by atoms with E-state index in [1.54, 1.807) is 0 Å². The molecule has 1 aliphatic heterocycles. The first-order chi connectivity index (χ1) is 21.8. The van der Waals surface area contributed by atoms with E-state index in [1.807, 2.05) is 0 Å². The van der Waals surface area contributed by atoms with E-state index in [4.69, 9.17) is 16.6 Å². The highest BCUT2D eigenvalue weighted by molar-refractivity contribution is 6.01. The third kappa shape index (κ3) is 11.1. The molecule has 0 unspecified atom stereocenters. The van der Waals surface area contributed by atoms with E-state index >= 15 is 0 Å². The molecule has 6 amide bonds. The zero-order valence-electron chi connectivity index (χ0n) is 26.8. The SMILES string of the molecule is CC(C)=C(NC(=O)[C@H](C)NC(=O)[C@@H]1CCC=NN1C(=O)[C@@H](NC(=O)[C@H](C)NC(=O)C(N)(CO)CO)[C@H](C)N)C(=O)N[C@@H](CO)C(=O)O. The van der Waals surface area contributed by atoms with Crippen molar-refractivity contribution in [3.05, 3.63) is 11.3 Å². The van der Waals surface area contributed by atoms with Gasteiger partial charge in [0.1, 0.15) is 35.4 Å². The molecular formula is C27H45N9O11. The molecule has 0 aromatic rings. The van der Waals surface area contributed by atoms with E-state index in [1.165, 1.54) is 40.8 Å². The predicted molar refractivity (Wildman–Crippen MR) is 163 cm³/mol. The van der Waals surface area contributed by atoms with Crippen molar-refractivity contribution in [2.24, 2.45) is 16.6 Å². The molecule has 6 atom stereocenters. The number of carboxylic acids is 1. The van der Waals surface area contributed by atoms with Crippen molar-refractivity contribution < 1.29 is 54.0 Å². The fourth-order valence-electron chi connectivity index (χ4n) is 3.90. The number of nitrogens with one attached hydrogen (secondary N) is 5. The van der Waals surface area contributed by atoms with Gasteiger partial charge in [-0.15, -0.1) is 0 Å². The lowest BCUT2D eigenvalue weighted by Gasteiger charge is -2.34. The van der Waals surface area contributed by atoms with E-state index in [-0.39, 0.29) is 24.1 Å². The van der Waals surface area contributed by atoms with E-state index in [0.717, 1.165) is 5.01 Å². The van der Waals surface area contributed by atoms with Gasteiger partial charge in [-0.2, -0.15) is 5.10 Å². The number of carbonyl (C=O) groups is 7. The van der Waals surface area contributed by atoms with Crippen LogP contribution in [0.25, 0.3) is 0 Å². The van der Waals surface area contributed by atoms with Crippen LogP contribution >= 0.6 is 0 Å². The molecule has 0 aromatic carbocycles. The Morgan fingerprint density at radius 2 is 1.51 bits per heavy atom. The maximum atomic E-state index is 13.5. The van der Waals surface area contributed by atoms with Crippen molar-refractivity contribution in [3.63, 3.8) is 0 Å². The number of carbonyl (C=O) groups excluding carboxylic acids is 6. The summed E-state index contributed by atoms with van der Waals surface area (Å²) in [5.41, 5.74) is 9.51. The van der Waals surface area contributed by atoms with Gasteiger partial charge in [-0.05, 0) is 53.0 Å². The lowest BCUT2D eigenvalue weighted by Crippen LogP contribution is -2.64. The number of nitrogens with zero attached hydrogens (tertiary/aromatic N) is 2. The number of aliphatic hydroxyl groups excluding tert-OH is 3. The molecule has 1 heterocycles. The summed E-state index contributed by atoms with van der Waals surface area (Å²) in [6, 6.07) is -7.93. The number of allylic oxidation sites excluding steroid dienone is 1. The van der Waals surface area contributed by atoms with Crippen LogP contribution in [0.3, 0.4) is 0 Å². The third-order valence-corrected chi connectivity index (χ3v) is 6.96. The van der Waals surface area contributed by atoms with Gasteiger partial charge in [0.15, 0.2) is 6.04 Å². The molecule has 1 rings (SSSR count). The van der Waals surface area contributed by atoms with E-state index in [0.29, 0.717) is 0 Å². The Kier molecular flexibility index (Phi) is 15.5. The quantitative estimate of drug-likeness (QED) is 0.0683. The van der Waals surface area contributed by atoms with Gasteiger partial charge in [0, 0.05) is 12.3 Å². The van der Waals surface area contributed by atoms with Crippen LogP contribution < -0.4 is 38.1 Å². The van der Waals surface area contributed by atoms with Gasteiger partial charge in [0.05, 0.1) is 19.8 Å². The first-order valence-corrected chi connectivity index (χ1v) is 14.5. The molecule has 0 saturated carbocycles. The summed E-state index contributed by atoms with van der Waals surface area (Å²) in [4.78, 5) is 88.6. The number of rotatable bonds is 16. The molecule has 13 N–H and O–H groups in total. The highest BCUT2D eigenvalue weighted by Gasteiger charge is 2.40. The van der Waals surface area contributed by atoms with Crippen molar-refractivity contribution in [2.45, 2.75) is 89.3 Å². The van der Waals surface area contributed by atoms with Crippen molar-refractivity contribution in [1.82, 2.24) is 31.6 Å². The van der Waals surface area contributed by atoms with Gasteiger partial charge >= 0.3 is 5.97 Å². The fraction of sp³-hybridized carbons (Fsp3) is 0.630. The van der Waals surface area contributed by atoms with Crippen LogP contribution in [0.15, 0.2) is 16.4 Å². The van der Waals surface area contributed by atoms with Crippen molar-refractivity contribution >= 4 is 47.6 Å². The summed E-state index contributed by atoms with van der Waals surface area (Å²) in [6.07, 6.45) is 1.71. The Bertz CT molecular complexity index is 1260. The minimum atomic E-state index is -2.06. The largest absolute Gasteiger partial charge is 0.480 e. The van der Waals surface area contributed by atoms with Crippen LogP contribution in [0.2, 0.25) is 0 Å². The van der Waals surface area contributed by atoms with Crippen LogP contribution in [0, 0.1) is 0 Å². The molecule has 1 aliphatic rings. The summed E-state index contributed by atoms with van der Waals surface area (Å²) in [7, 11) is 0. The van der Waals surface area contributed by atoms with Gasteiger partial charge in [-0.3, -0.25) is 28.8 Å². The summed E-state index contributed by atoms with van der Waals surface area (Å²) >= 11 is 0. The Labute approximate surface area is 270 Å². The Hall–Kier alpha value is -4.50. The molecule has 0 aliphatic carbocycles. The maximum Gasteiger partial charge on any atom is 0.328 e. The monoisotopic (exact) mass is 671 g/mol. The zero-order chi connectivity index (χ0) is 36.2. The van der Waals surface area contributed by atoms with Crippen molar-refractivity contribution in [2.75, 3.05) is 19.8 Å². The first kappa shape index (κ1) is 40.5. The Morgan fingerprint density at radius 1 is 0.936 bits per heavy atom. The van der Waals surface area contributed by atoms with Gasteiger partial charge in [-0.25, -0.2) is 9.80 Å². The predicted octanol–water partition coefficient (Wildman–Crippen LogP) is -5.54. The van der Waals surface area contributed by atoms with E-state index in [2.05, 4.69) is 31.7 Å². The molecule has 0 saturated heterocycles. The van der Waals surface area contributed by atoms with Gasteiger partial charge < -0.3 is 58.5 Å². The van der Waals surface area contributed by atoms with Crippen LogP contribution in [0.4, 0.5) is 0 Å². The van der Waals surface area contributed by atoms with Crippen LogP contribution in [-0.2, 0) is 33.6 Å². The molecule has 20 nitrogen and oxygen atoms in total. The second-order valence-electron chi connectivity index (χ2n) is 11.2. The summed E-state index contributed by atoms with van der Waals surface area (Å²) < 4.78 is 0. The number of amides is 6. The number of nitrogens with two attached hydrogens (primary N) is 2. The third-order valence-electron chi connectivity index (χ3n) is 6.96. The molecule has 0 bridgehead atoms. The normalized spacial score (nSPS) is 17.6. The average molecular weight is 672 g/mol. The summed E-state index contributed by atoms with van der Waals surface area (Å²) in [5.74, 6) is -6.96. The molecular weight excluding hydrogens is 626 g/mol. The van der Waals surface area contributed by atoms with Gasteiger partial charge in [0.2, 0.25) is 23.6 Å². The molecule has 47 heavy (non-hydrogen) atoms. The molecule has 0 spiro atoms. The highest BCUT2D eigenvalue weighted by Crippen LogP contribution is 2.16. The van der Waals surface area contributed by atoms with Gasteiger partial charge in [0.25, 0.3) is 11.8 Å². The second-order valence-corrected chi connectivity index (χ2v) is 11.2. The number of hydrogen-bond donors (Lipinski definition) is 11.